The van der Waals surface area contributed by atoms with Gasteiger partial charge in [-0.3, -0.25) is 14.4 Å². The SMILES string of the molecule is COc1cc2nc(=S)n3c(c2cc1OC)N[C@H](CCC(=O)N1CCC(C(N)=O)CC1)C3=O. The second kappa shape index (κ2) is 8.73. The van der Waals surface area contributed by atoms with Gasteiger partial charge in [-0.1, -0.05) is 0 Å². The van der Waals surface area contributed by atoms with Crippen molar-refractivity contribution in [3.8, 4) is 11.5 Å². The molecule has 2 aliphatic rings. The van der Waals surface area contributed by atoms with Crippen molar-refractivity contribution in [2.45, 2.75) is 31.7 Å². The van der Waals surface area contributed by atoms with Crippen LogP contribution in [0.5, 0.6) is 11.5 Å². The van der Waals surface area contributed by atoms with E-state index in [0.29, 0.717) is 60.6 Å². The summed E-state index contributed by atoms with van der Waals surface area (Å²) >= 11 is 5.35. The normalized spacial score (nSPS) is 18.4. The summed E-state index contributed by atoms with van der Waals surface area (Å²) in [7, 11) is 3.07. The molecule has 1 aromatic heterocycles. The Hall–Kier alpha value is -3.21. The Bertz CT molecular complexity index is 1160. The van der Waals surface area contributed by atoms with Crippen molar-refractivity contribution in [1.29, 1.82) is 0 Å². The molecule has 0 saturated carbocycles. The Labute approximate surface area is 189 Å². The minimum absolute atomic E-state index is 0.0449. The van der Waals surface area contributed by atoms with Gasteiger partial charge in [-0.05, 0) is 37.5 Å². The average Bonchev–Trinajstić information content (AvgIpc) is 3.13. The highest BCUT2D eigenvalue weighted by Gasteiger charge is 2.33. The van der Waals surface area contributed by atoms with Gasteiger partial charge >= 0.3 is 0 Å². The second-order valence-corrected chi connectivity index (χ2v) is 8.30. The Morgan fingerprint density at radius 2 is 1.88 bits per heavy atom. The third kappa shape index (κ3) is 3.88. The zero-order valence-electron chi connectivity index (χ0n) is 17.9. The smallest absolute Gasteiger partial charge is 0.257 e. The van der Waals surface area contributed by atoms with Crippen molar-refractivity contribution in [3.63, 3.8) is 0 Å². The molecule has 10 nitrogen and oxygen atoms in total. The van der Waals surface area contributed by atoms with Crippen LogP contribution in [0.2, 0.25) is 0 Å². The van der Waals surface area contributed by atoms with Crippen LogP contribution < -0.4 is 20.5 Å². The Balaban J connectivity index is 1.50. The number of nitrogens with zero attached hydrogens (tertiary/aromatic N) is 3. The van der Waals surface area contributed by atoms with Crippen molar-refractivity contribution >= 4 is 46.7 Å². The lowest BCUT2D eigenvalue weighted by molar-refractivity contribution is -0.134. The molecule has 0 spiro atoms. The second-order valence-electron chi connectivity index (χ2n) is 7.93. The van der Waals surface area contributed by atoms with Gasteiger partial charge in [0.15, 0.2) is 11.5 Å². The van der Waals surface area contributed by atoms with E-state index in [2.05, 4.69) is 10.3 Å². The van der Waals surface area contributed by atoms with Crippen molar-refractivity contribution < 1.29 is 23.9 Å². The standard InChI is InChI=1S/C21H25N5O5S/c1-30-15-9-12-14(10-16(15)31-2)24-21(32)26-19(12)23-13(20(26)29)3-4-17(27)25-7-5-11(6-8-25)18(22)28/h9-11,13,23H,3-8H2,1-2H3,(H2,22,28)/t13-/m1/s1. The summed E-state index contributed by atoms with van der Waals surface area (Å²) in [5.74, 6) is 0.774. The molecule has 11 heteroatoms. The quantitative estimate of drug-likeness (QED) is 0.625. The predicted octanol–water partition coefficient (Wildman–Crippen LogP) is 1.72. The van der Waals surface area contributed by atoms with Crippen molar-refractivity contribution in [2.24, 2.45) is 11.7 Å². The van der Waals surface area contributed by atoms with E-state index in [1.807, 2.05) is 0 Å². The number of primary amides is 1. The maximum absolute atomic E-state index is 13.0. The first kappa shape index (κ1) is 22.0. The van der Waals surface area contributed by atoms with Crippen LogP contribution in [0, 0.1) is 10.7 Å². The molecular formula is C21H25N5O5S. The largest absolute Gasteiger partial charge is 0.493 e. The van der Waals surface area contributed by atoms with Gasteiger partial charge in [-0.15, -0.1) is 0 Å². The Morgan fingerprint density at radius 1 is 1.22 bits per heavy atom. The van der Waals surface area contributed by atoms with E-state index in [1.165, 1.54) is 18.8 Å². The number of hydrogen-bond acceptors (Lipinski definition) is 8. The van der Waals surface area contributed by atoms with Crippen LogP contribution in [-0.2, 0) is 9.59 Å². The first-order valence-electron chi connectivity index (χ1n) is 10.4. The molecule has 2 aliphatic heterocycles. The lowest BCUT2D eigenvalue weighted by Gasteiger charge is -2.30. The van der Waals surface area contributed by atoms with Crippen LogP contribution in [0.4, 0.5) is 5.82 Å². The molecule has 1 saturated heterocycles. The van der Waals surface area contributed by atoms with Crippen molar-refractivity contribution in [3.05, 3.63) is 16.9 Å². The molecule has 3 heterocycles. The molecule has 1 fully saturated rings. The number of hydrogen-bond donors (Lipinski definition) is 2. The Morgan fingerprint density at radius 3 is 2.50 bits per heavy atom. The van der Waals surface area contributed by atoms with E-state index in [-0.39, 0.29) is 34.8 Å². The zero-order valence-corrected chi connectivity index (χ0v) is 18.7. The number of nitrogens with two attached hydrogens (primary N) is 1. The van der Waals surface area contributed by atoms with Crippen molar-refractivity contribution in [2.75, 3.05) is 32.6 Å². The summed E-state index contributed by atoms with van der Waals surface area (Å²) in [5, 5.41) is 3.89. The van der Waals surface area contributed by atoms with E-state index >= 15 is 0 Å². The summed E-state index contributed by atoms with van der Waals surface area (Å²) in [5.41, 5.74) is 5.93. The molecule has 4 rings (SSSR count). The minimum Gasteiger partial charge on any atom is -0.493 e. The molecule has 2 amide bonds. The number of ether oxygens (including phenoxy) is 2. The lowest BCUT2D eigenvalue weighted by Crippen LogP contribution is -2.42. The third-order valence-corrected chi connectivity index (χ3v) is 6.39. The summed E-state index contributed by atoms with van der Waals surface area (Å²) in [6, 6.07) is 2.87. The topological polar surface area (TPSA) is 129 Å². The maximum Gasteiger partial charge on any atom is 0.257 e. The average molecular weight is 460 g/mol. The number of rotatable bonds is 6. The summed E-state index contributed by atoms with van der Waals surface area (Å²) in [6.45, 7) is 1.000. The molecule has 0 radical (unpaired) electrons. The molecule has 32 heavy (non-hydrogen) atoms. The number of methoxy groups -OCH3 is 2. The maximum atomic E-state index is 13.0. The van der Waals surface area contributed by atoms with Gasteiger partial charge in [0.25, 0.3) is 5.91 Å². The molecule has 0 bridgehead atoms. The van der Waals surface area contributed by atoms with E-state index in [9.17, 15) is 14.4 Å². The van der Waals surface area contributed by atoms with E-state index in [0.717, 1.165) is 0 Å². The van der Waals surface area contributed by atoms with Gasteiger partial charge in [0, 0.05) is 36.9 Å². The van der Waals surface area contributed by atoms with Gasteiger partial charge in [0.1, 0.15) is 11.9 Å². The van der Waals surface area contributed by atoms with E-state index < -0.39 is 6.04 Å². The number of amides is 2. The number of piperidine rings is 1. The number of benzene rings is 1. The van der Waals surface area contributed by atoms with Crippen LogP contribution in [-0.4, -0.2) is 65.5 Å². The third-order valence-electron chi connectivity index (χ3n) is 6.11. The molecule has 2 aromatic rings. The number of anilines is 1. The molecule has 170 valence electrons. The number of aromatic nitrogens is 2. The highest BCUT2D eigenvalue weighted by Crippen LogP contribution is 2.37. The molecule has 0 unspecified atom stereocenters. The number of likely N-dealkylation sites (tertiary alicyclic amines) is 1. The van der Waals surface area contributed by atoms with Gasteiger partial charge < -0.3 is 25.4 Å². The molecule has 0 aliphatic carbocycles. The van der Waals surface area contributed by atoms with Crippen LogP contribution in [0.25, 0.3) is 10.9 Å². The van der Waals surface area contributed by atoms with Crippen LogP contribution in [0.1, 0.15) is 30.5 Å². The van der Waals surface area contributed by atoms with Crippen LogP contribution >= 0.6 is 12.2 Å². The number of carbonyl (C=O) groups excluding carboxylic acids is 3. The molecular weight excluding hydrogens is 434 g/mol. The van der Waals surface area contributed by atoms with E-state index in [4.69, 9.17) is 27.4 Å². The minimum atomic E-state index is -0.593. The zero-order chi connectivity index (χ0) is 23.0. The monoisotopic (exact) mass is 459 g/mol. The van der Waals surface area contributed by atoms with E-state index in [1.54, 1.807) is 17.0 Å². The fourth-order valence-electron chi connectivity index (χ4n) is 4.28. The first-order chi connectivity index (χ1) is 15.3. The Kier molecular flexibility index (Phi) is 6.00. The lowest BCUT2D eigenvalue weighted by atomic mass is 9.96. The van der Waals surface area contributed by atoms with Gasteiger partial charge in [0.2, 0.25) is 16.6 Å². The van der Waals surface area contributed by atoms with Gasteiger partial charge in [0.05, 0.1) is 19.7 Å². The highest BCUT2D eigenvalue weighted by atomic mass is 32.1. The summed E-state index contributed by atoms with van der Waals surface area (Å²) < 4.78 is 12.2. The fraction of sp³-hybridized carbons (Fsp3) is 0.476. The highest BCUT2D eigenvalue weighted by molar-refractivity contribution is 7.71. The summed E-state index contributed by atoms with van der Waals surface area (Å²) in [4.78, 5) is 43.1. The predicted molar refractivity (Wildman–Crippen MR) is 119 cm³/mol. The molecule has 1 aromatic carbocycles. The number of fused-ring (bicyclic) bond motifs is 3. The number of carbonyl (C=O) groups is 3. The summed E-state index contributed by atoms with van der Waals surface area (Å²) in [6.07, 6.45) is 1.67. The van der Waals surface area contributed by atoms with Crippen LogP contribution in [0.3, 0.4) is 0 Å². The van der Waals surface area contributed by atoms with Crippen molar-refractivity contribution in [1.82, 2.24) is 14.5 Å². The number of nitrogens with one attached hydrogen (secondary N) is 1. The van der Waals surface area contributed by atoms with Crippen LogP contribution in [0.15, 0.2) is 12.1 Å². The molecule has 3 N–H and O–H groups in total. The first-order valence-corrected chi connectivity index (χ1v) is 10.8. The van der Waals surface area contributed by atoms with Gasteiger partial charge in [-0.2, -0.15) is 0 Å². The van der Waals surface area contributed by atoms with Gasteiger partial charge in [-0.25, -0.2) is 9.55 Å². The fourth-order valence-corrected chi connectivity index (χ4v) is 4.56. The molecule has 1 atom stereocenters.